The number of nitrogens with zero attached hydrogens (tertiary/aromatic N) is 6. The van der Waals surface area contributed by atoms with Crippen LogP contribution in [0.5, 0.6) is 0 Å². The Morgan fingerprint density at radius 1 is 0.690 bits per heavy atom. The molecule has 0 spiro atoms. The van der Waals surface area contributed by atoms with Crippen molar-refractivity contribution in [2.75, 3.05) is 77.1 Å². The van der Waals surface area contributed by atoms with Crippen LogP contribution in [0.15, 0.2) is 60.9 Å². The van der Waals surface area contributed by atoms with E-state index in [1.165, 1.54) is 12.8 Å². The van der Waals surface area contributed by atoms with Gasteiger partial charge in [0.25, 0.3) is 0 Å². The van der Waals surface area contributed by atoms with E-state index in [1.807, 2.05) is 60.9 Å². The first-order valence-electron chi connectivity index (χ1n) is 25.2. The molecule has 3 fully saturated rings. The molecule has 71 heavy (non-hydrogen) atoms. The fraction of sp³-hybridized carbons (Fsp3) is 0.462. The van der Waals surface area contributed by atoms with Gasteiger partial charge in [0.05, 0.1) is 17.4 Å². The molecule has 4 aromatic heterocycles. The normalized spacial score (nSPS) is 17.0. The predicted molar refractivity (Wildman–Crippen MR) is 274 cm³/mol. The molecule has 11 rings (SSSR count). The topological polar surface area (TPSA) is 245 Å². The minimum absolute atomic E-state index is 0.0468. The molecule has 19 nitrogen and oxygen atoms in total. The maximum atomic E-state index is 12.1. The Morgan fingerprint density at radius 3 is 1.63 bits per heavy atom. The number of benzene rings is 2. The van der Waals surface area contributed by atoms with Crippen LogP contribution in [-0.4, -0.2) is 105 Å². The molecule has 9 heterocycles. The SMILES string of the molecule is C1CCOC1.CCCCOC(=O)CC1CCN(c2nc(Nc3ccc4c(c3)CCC(=O)N4)nc3[nH]ccc23)CC1.O=C(O)CC1CCN(c2nc(Nc3ccc4c(c3)CCC(=O)N4)nc3[nH]ccc23)CC1. The number of aromatic nitrogens is 6. The van der Waals surface area contributed by atoms with Gasteiger partial charge in [0, 0.05) is 100 Å². The number of fused-ring (bicyclic) bond motifs is 4. The van der Waals surface area contributed by atoms with Gasteiger partial charge in [0.2, 0.25) is 23.7 Å². The lowest BCUT2D eigenvalue weighted by Crippen LogP contribution is -2.35. The second-order valence-electron chi connectivity index (χ2n) is 18.9. The molecule has 7 N–H and O–H groups in total. The predicted octanol–water partition coefficient (Wildman–Crippen LogP) is 8.61. The minimum atomic E-state index is -0.732. The van der Waals surface area contributed by atoms with Crippen LogP contribution in [0.1, 0.15) is 95.1 Å². The van der Waals surface area contributed by atoms with E-state index >= 15 is 0 Å². The molecular formula is C52H64N12O7. The number of esters is 1. The van der Waals surface area contributed by atoms with Gasteiger partial charge in [-0.1, -0.05) is 13.3 Å². The van der Waals surface area contributed by atoms with Crippen molar-refractivity contribution >= 4 is 92.1 Å². The van der Waals surface area contributed by atoms with Crippen molar-refractivity contribution in [2.45, 2.75) is 96.8 Å². The Balaban J connectivity index is 0.000000161. The number of piperidine rings is 2. The molecule has 2 amide bonds. The van der Waals surface area contributed by atoms with Crippen molar-refractivity contribution in [2.24, 2.45) is 11.8 Å². The summed E-state index contributed by atoms with van der Waals surface area (Å²) in [6, 6.07) is 15.7. The number of aromatic amines is 2. The largest absolute Gasteiger partial charge is 0.481 e. The van der Waals surface area contributed by atoms with Gasteiger partial charge in [-0.25, -0.2) is 0 Å². The number of H-pyrrole nitrogens is 2. The van der Waals surface area contributed by atoms with Crippen molar-refractivity contribution in [3.8, 4) is 0 Å². The van der Waals surface area contributed by atoms with Gasteiger partial charge >= 0.3 is 11.9 Å². The van der Waals surface area contributed by atoms with Gasteiger partial charge in [-0.15, -0.1) is 0 Å². The summed E-state index contributed by atoms with van der Waals surface area (Å²) in [6.07, 6.45) is 14.9. The van der Waals surface area contributed by atoms with Crippen molar-refractivity contribution in [3.63, 3.8) is 0 Å². The standard InChI is InChI=1S/C26H32N6O3.C22H24N6O3.C4H8O/c1-2-3-14-35-23(34)15-17-9-12-32(13-10-17)25-20-8-11-27-24(20)30-26(31-25)28-19-5-6-21-18(16-19)4-7-22(33)29-21;29-18-4-1-14-12-15(2-3-17(14)25-18)24-22-26-20-16(5-8-23-20)21(27-22)28-9-6-13(7-10-28)11-19(30)31;1-2-4-5-3-1/h5-6,8,11,16-17H,2-4,7,9-10,12-15H2,1H3,(H,29,33)(H2,27,28,30,31);2-3,5,8,12-13H,1,4,6-7,9-11H2,(H,25,29)(H,30,31)(H2,23,24,26,27);1-4H2. The van der Waals surface area contributed by atoms with Crippen molar-refractivity contribution in [3.05, 3.63) is 72.1 Å². The van der Waals surface area contributed by atoms with Crippen LogP contribution in [0.3, 0.4) is 0 Å². The molecule has 0 unspecified atom stereocenters. The molecule has 0 saturated carbocycles. The van der Waals surface area contributed by atoms with E-state index in [0.717, 1.165) is 152 Å². The number of unbranched alkanes of at least 4 members (excludes halogenated alkanes) is 1. The lowest BCUT2D eigenvalue weighted by atomic mass is 9.93. The molecule has 0 radical (unpaired) electrons. The number of carbonyl (C=O) groups is 4. The van der Waals surface area contributed by atoms with Crippen LogP contribution in [0.25, 0.3) is 22.1 Å². The quantitative estimate of drug-likeness (QED) is 0.0423. The van der Waals surface area contributed by atoms with E-state index in [9.17, 15) is 19.2 Å². The number of amides is 2. The highest BCUT2D eigenvalue weighted by molar-refractivity contribution is 5.95. The third kappa shape index (κ3) is 12.7. The molecule has 0 aliphatic carbocycles. The Hall–Kier alpha value is -7.28. The van der Waals surface area contributed by atoms with Crippen LogP contribution >= 0.6 is 0 Å². The summed E-state index contributed by atoms with van der Waals surface area (Å²) in [5, 5.41) is 23.5. The number of rotatable bonds is 13. The van der Waals surface area contributed by atoms with Crippen LogP contribution < -0.4 is 31.1 Å². The first kappa shape index (κ1) is 48.7. The smallest absolute Gasteiger partial charge is 0.306 e. The van der Waals surface area contributed by atoms with Gasteiger partial charge in [0.1, 0.15) is 22.9 Å². The number of hydrogen-bond donors (Lipinski definition) is 7. The van der Waals surface area contributed by atoms with E-state index in [0.29, 0.717) is 50.1 Å². The van der Waals surface area contributed by atoms with Gasteiger partial charge < -0.3 is 55.6 Å². The highest BCUT2D eigenvalue weighted by atomic mass is 16.5. The maximum absolute atomic E-state index is 12.1. The molecule has 374 valence electrons. The first-order valence-corrected chi connectivity index (χ1v) is 25.2. The van der Waals surface area contributed by atoms with E-state index < -0.39 is 5.97 Å². The van der Waals surface area contributed by atoms with Gasteiger partial charge in [-0.05, 0) is 129 Å². The second kappa shape index (κ2) is 23.1. The van der Waals surface area contributed by atoms with E-state index in [-0.39, 0.29) is 30.1 Å². The minimum Gasteiger partial charge on any atom is -0.481 e. The number of nitrogens with one attached hydrogen (secondary N) is 6. The van der Waals surface area contributed by atoms with E-state index in [1.54, 1.807) is 0 Å². The fourth-order valence-corrected chi connectivity index (χ4v) is 9.70. The maximum Gasteiger partial charge on any atom is 0.306 e. The van der Waals surface area contributed by atoms with Crippen LogP contribution in [0, 0.1) is 11.8 Å². The Labute approximate surface area is 412 Å². The lowest BCUT2D eigenvalue weighted by molar-refractivity contribution is -0.145. The summed E-state index contributed by atoms with van der Waals surface area (Å²) >= 11 is 0. The Bertz CT molecular complexity index is 2820. The summed E-state index contributed by atoms with van der Waals surface area (Å²) < 4.78 is 10.3. The molecular weight excluding hydrogens is 905 g/mol. The highest BCUT2D eigenvalue weighted by Gasteiger charge is 2.27. The van der Waals surface area contributed by atoms with E-state index in [2.05, 4.69) is 57.9 Å². The van der Waals surface area contributed by atoms with Crippen LogP contribution in [-0.2, 0) is 41.5 Å². The average Bonchev–Trinajstić information content (AvgIpc) is 4.20. The molecule has 19 heteroatoms. The zero-order chi connectivity index (χ0) is 49.1. The van der Waals surface area contributed by atoms with Gasteiger partial charge in [-0.3, -0.25) is 19.2 Å². The van der Waals surface area contributed by atoms with Gasteiger partial charge in [-0.2, -0.15) is 19.9 Å². The van der Waals surface area contributed by atoms with Crippen LogP contribution in [0.2, 0.25) is 0 Å². The molecule has 6 aromatic rings. The lowest BCUT2D eigenvalue weighted by Gasteiger charge is -2.33. The Kier molecular flexibility index (Phi) is 15.8. The monoisotopic (exact) mass is 969 g/mol. The zero-order valence-corrected chi connectivity index (χ0v) is 40.4. The molecule has 5 aliphatic rings. The number of aryl methyl sites for hydroxylation is 2. The fourth-order valence-electron chi connectivity index (χ4n) is 9.70. The molecule has 0 bridgehead atoms. The molecule has 2 aromatic carbocycles. The van der Waals surface area contributed by atoms with Crippen LogP contribution in [0.4, 0.5) is 46.3 Å². The van der Waals surface area contributed by atoms with Gasteiger partial charge in [0.15, 0.2) is 0 Å². The number of hydrogen-bond acceptors (Lipinski definition) is 14. The number of anilines is 8. The molecule has 0 atom stereocenters. The summed E-state index contributed by atoms with van der Waals surface area (Å²) in [5.41, 5.74) is 7.20. The molecule has 5 aliphatic heterocycles. The number of carbonyl (C=O) groups excluding carboxylic acids is 3. The van der Waals surface area contributed by atoms with E-state index in [4.69, 9.17) is 24.5 Å². The summed E-state index contributed by atoms with van der Waals surface area (Å²) in [6.45, 7) is 7.83. The highest BCUT2D eigenvalue weighted by Crippen LogP contribution is 2.34. The molecule has 3 saturated heterocycles. The number of carboxylic acids is 1. The van der Waals surface area contributed by atoms with Crippen molar-refractivity contribution in [1.29, 1.82) is 0 Å². The Morgan fingerprint density at radius 2 is 1.18 bits per heavy atom. The number of aliphatic carboxylic acids is 1. The van der Waals surface area contributed by atoms with Crippen molar-refractivity contribution in [1.82, 2.24) is 29.9 Å². The third-order valence-electron chi connectivity index (χ3n) is 13.6. The third-order valence-corrected chi connectivity index (χ3v) is 13.6. The zero-order valence-electron chi connectivity index (χ0n) is 40.4. The summed E-state index contributed by atoms with van der Waals surface area (Å²) in [4.78, 5) is 76.2. The number of ether oxygens (including phenoxy) is 2. The number of carboxylic acid groups (broad SMARTS) is 1. The summed E-state index contributed by atoms with van der Waals surface area (Å²) in [5.74, 6) is 2.62. The first-order chi connectivity index (χ1) is 34.6. The second-order valence-corrected chi connectivity index (χ2v) is 18.9. The van der Waals surface area contributed by atoms with Crippen molar-refractivity contribution < 1.29 is 33.8 Å². The average molecular weight is 969 g/mol. The summed E-state index contributed by atoms with van der Waals surface area (Å²) in [7, 11) is 0.